The normalized spacial score (nSPS) is 25.8. The molecule has 1 rings (SSSR count). The number of unbranched alkanes of at least 4 members (excludes halogenated alkanes) is 1. The van der Waals surface area contributed by atoms with Crippen molar-refractivity contribution in [3.05, 3.63) is 0 Å². The molecule has 0 radical (unpaired) electrons. The molecule has 0 aromatic heterocycles. The number of rotatable bonds is 3. The van der Waals surface area contributed by atoms with Crippen molar-refractivity contribution in [3.8, 4) is 6.07 Å². The van der Waals surface area contributed by atoms with Gasteiger partial charge in [-0.25, -0.2) is 0 Å². The van der Waals surface area contributed by atoms with Crippen LogP contribution >= 0.6 is 0 Å². The molecular formula is C11H18N2. The van der Waals surface area contributed by atoms with Crippen LogP contribution in [0.3, 0.4) is 0 Å². The van der Waals surface area contributed by atoms with Crippen LogP contribution in [0.25, 0.3) is 0 Å². The average Bonchev–Trinajstić information content (AvgIpc) is 2.19. The Hall–Kier alpha value is -0.840. The van der Waals surface area contributed by atoms with Crippen molar-refractivity contribution in [1.82, 2.24) is 0 Å². The molecule has 0 aromatic carbocycles. The molecule has 1 atom stereocenters. The Balaban J connectivity index is 2.33. The minimum Gasteiger partial charge on any atom is -0.294 e. The van der Waals surface area contributed by atoms with E-state index in [0.29, 0.717) is 0 Å². The number of hydrogen-bond acceptors (Lipinski definition) is 2. The van der Waals surface area contributed by atoms with Gasteiger partial charge in [-0.05, 0) is 25.7 Å². The molecule has 2 heteroatoms. The van der Waals surface area contributed by atoms with Crippen molar-refractivity contribution in [3.63, 3.8) is 0 Å². The Morgan fingerprint density at radius 3 is 3.15 bits per heavy atom. The molecule has 0 amide bonds. The third-order valence-electron chi connectivity index (χ3n) is 2.53. The fourth-order valence-corrected chi connectivity index (χ4v) is 1.69. The summed E-state index contributed by atoms with van der Waals surface area (Å²) in [5.74, 6) is 0.245. The minimum absolute atomic E-state index is 0.245. The molecule has 0 N–H and O–H groups in total. The van der Waals surface area contributed by atoms with Gasteiger partial charge in [0.2, 0.25) is 0 Å². The summed E-state index contributed by atoms with van der Waals surface area (Å²) in [4.78, 5) is 4.54. The highest BCUT2D eigenvalue weighted by Crippen LogP contribution is 2.21. The summed E-state index contributed by atoms with van der Waals surface area (Å²) in [6.45, 7) is 3.14. The maximum atomic E-state index is 8.78. The van der Waals surface area contributed by atoms with Gasteiger partial charge in [-0.1, -0.05) is 13.3 Å². The topological polar surface area (TPSA) is 36.1 Å². The lowest BCUT2D eigenvalue weighted by Crippen LogP contribution is -2.14. The van der Waals surface area contributed by atoms with Crippen LogP contribution < -0.4 is 0 Å². The van der Waals surface area contributed by atoms with Gasteiger partial charge in [0.25, 0.3) is 0 Å². The van der Waals surface area contributed by atoms with Crippen molar-refractivity contribution in [2.75, 3.05) is 6.54 Å². The number of hydrogen-bond donors (Lipinski definition) is 0. The fraction of sp³-hybridized carbons (Fsp3) is 0.818. The lowest BCUT2D eigenvalue weighted by molar-refractivity contribution is 0.556. The molecule has 1 aliphatic rings. The van der Waals surface area contributed by atoms with Gasteiger partial charge in [-0.3, -0.25) is 4.99 Å². The lowest BCUT2D eigenvalue weighted by Gasteiger charge is -2.17. The highest BCUT2D eigenvalue weighted by Gasteiger charge is 2.16. The van der Waals surface area contributed by atoms with Gasteiger partial charge in [0.15, 0.2) is 0 Å². The predicted octanol–water partition coefficient (Wildman–Crippen LogP) is 2.94. The number of nitrogens with zero attached hydrogens (tertiary/aromatic N) is 2. The molecule has 0 spiro atoms. The summed E-state index contributed by atoms with van der Waals surface area (Å²) < 4.78 is 0. The van der Waals surface area contributed by atoms with Crippen LogP contribution in [0.1, 0.15) is 45.4 Å². The summed E-state index contributed by atoms with van der Waals surface area (Å²) in [5, 5.41) is 8.78. The Morgan fingerprint density at radius 2 is 2.46 bits per heavy atom. The molecule has 2 nitrogen and oxygen atoms in total. The molecule has 0 aromatic rings. The van der Waals surface area contributed by atoms with Crippen LogP contribution in [0.2, 0.25) is 0 Å². The quantitative estimate of drug-likeness (QED) is 0.612. The number of aliphatic imine (C=N–C) groups is 1. The van der Waals surface area contributed by atoms with E-state index in [4.69, 9.17) is 5.26 Å². The van der Waals surface area contributed by atoms with Crippen molar-refractivity contribution in [1.29, 1.82) is 5.26 Å². The molecule has 0 bridgehead atoms. The Kier molecular flexibility index (Phi) is 4.53. The third kappa shape index (κ3) is 3.59. The molecule has 72 valence electrons. The van der Waals surface area contributed by atoms with E-state index in [1.165, 1.54) is 18.6 Å². The Labute approximate surface area is 80.7 Å². The Bertz CT molecular complexity index is 213. The van der Waals surface area contributed by atoms with Crippen molar-refractivity contribution in [2.24, 2.45) is 10.9 Å². The molecule has 1 fully saturated rings. The lowest BCUT2D eigenvalue weighted by atomic mass is 9.89. The smallest absolute Gasteiger partial charge is 0.0659 e. The van der Waals surface area contributed by atoms with Crippen molar-refractivity contribution < 1.29 is 0 Å². The van der Waals surface area contributed by atoms with Gasteiger partial charge in [0, 0.05) is 18.7 Å². The van der Waals surface area contributed by atoms with E-state index in [0.717, 1.165) is 32.2 Å². The van der Waals surface area contributed by atoms with Crippen LogP contribution in [-0.4, -0.2) is 12.3 Å². The van der Waals surface area contributed by atoms with Gasteiger partial charge in [-0.2, -0.15) is 5.26 Å². The second kappa shape index (κ2) is 5.75. The van der Waals surface area contributed by atoms with Gasteiger partial charge < -0.3 is 0 Å². The predicted molar refractivity (Wildman–Crippen MR) is 54.8 cm³/mol. The van der Waals surface area contributed by atoms with Crippen molar-refractivity contribution >= 4 is 5.71 Å². The first kappa shape index (κ1) is 10.2. The van der Waals surface area contributed by atoms with Crippen LogP contribution in [-0.2, 0) is 0 Å². The van der Waals surface area contributed by atoms with Crippen LogP contribution in [0, 0.1) is 17.2 Å². The first-order valence-corrected chi connectivity index (χ1v) is 5.28. The second-order valence-electron chi connectivity index (χ2n) is 3.72. The molecule has 13 heavy (non-hydrogen) atoms. The standard InChI is InChI=1S/C11H18N2/c1-2-3-7-13-11-6-4-5-10(8-11)9-12/h10H,2-8H2,1H3/b13-11+. The highest BCUT2D eigenvalue weighted by atomic mass is 14.7. The first-order chi connectivity index (χ1) is 6.36. The van der Waals surface area contributed by atoms with Gasteiger partial charge in [0.1, 0.15) is 0 Å². The van der Waals surface area contributed by atoms with E-state index in [2.05, 4.69) is 18.0 Å². The summed E-state index contributed by atoms with van der Waals surface area (Å²) in [7, 11) is 0. The molecule has 0 heterocycles. The van der Waals surface area contributed by atoms with Crippen LogP contribution in [0.5, 0.6) is 0 Å². The van der Waals surface area contributed by atoms with Gasteiger partial charge >= 0.3 is 0 Å². The molecular weight excluding hydrogens is 160 g/mol. The zero-order valence-electron chi connectivity index (χ0n) is 8.42. The summed E-state index contributed by atoms with van der Waals surface area (Å²) >= 11 is 0. The van der Waals surface area contributed by atoms with Crippen molar-refractivity contribution in [2.45, 2.75) is 45.4 Å². The maximum Gasteiger partial charge on any atom is 0.0659 e. The van der Waals surface area contributed by atoms with E-state index in [1.807, 2.05) is 0 Å². The monoisotopic (exact) mass is 178 g/mol. The van der Waals surface area contributed by atoms with E-state index in [-0.39, 0.29) is 5.92 Å². The molecule has 1 unspecified atom stereocenters. The van der Waals surface area contributed by atoms with Gasteiger partial charge in [-0.15, -0.1) is 0 Å². The summed E-state index contributed by atoms with van der Waals surface area (Å²) in [6.07, 6.45) is 6.67. The third-order valence-corrected chi connectivity index (χ3v) is 2.53. The van der Waals surface area contributed by atoms with Crippen LogP contribution in [0.15, 0.2) is 4.99 Å². The SMILES string of the molecule is CCCC/N=C1\CCCC(C#N)C1. The fourth-order valence-electron chi connectivity index (χ4n) is 1.69. The zero-order valence-corrected chi connectivity index (χ0v) is 8.42. The highest BCUT2D eigenvalue weighted by molar-refractivity contribution is 5.85. The van der Waals surface area contributed by atoms with E-state index in [9.17, 15) is 0 Å². The average molecular weight is 178 g/mol. The summed E-state index contributed by atoms with van der Waals surface area (Å²) in [5.41, 5.74) is 1.28. The molecule has 0 aliphatic heterocycles. The molecule has 1 saturated carbocycles. The van der Waals surface area contributed by atoms with Crippen LogP contribution in [0.4, 0.5) is 0 Å². The molecule has 1 aliphatic carbocycles. The van der Waals surface area contributed by atoms with E-state index in [1.54, 1.807) is 0 Å². The van der Waals surface area contributed by atoms with E-state index >= 15 is 0 Å². The Morgan fingerprint density at radius 1 is 1.62 bits per heavy atom. The molecule has 0 saturated heterocycles. The minimum atomic E-state index is 0.245. The first-order valence-electron chi connectivity index (χ1n) is 5.28. The second-order valence-corrected chi connectivity index (χ2v) is 3.72. The number of nitriles is 1. The zero-order chi connectivity index (χ0) is 9.52. The van der Waals surface area contributed by atoms with Gasteiger partial charge in [0.05, 0.1) is 12.0 Å². The largest absolute Gasteiger partial charge is 0.294 e. The maximum absolute atomic E-state index is 8.78. The summed E-state index contributed by atoms with van der Waals surface area (Å²) in [6, 6.07) is 2.34. The van der Waals surface area contributed by atoms with E-state index < -0.39 is 0 Å².